The molecule has 0 aliphatic rings. The highest BCUT2D eigenvalue weighted by molar-refractivity contribution is 6.53. The molecule has 0 amide bonds. The van der Waals surface area contributed by atoms with E-state index < -0.39 is 0 Å². The van der Waals surface area contributed by atoms with Crippen LogP contribution < -0.4 is 0 Å². The number of rotatable bonds is 4. The van der Waals surface area contributed by atoms with Gasteiger partial charge in [-0.1, -0.05) is 81.7 Å². The summed E-state index contributed by atoms with van der Waals surface area (Å²) in [5.74, 6) is 0. The van der Waals surface area contributed by atoms with Crippen LogP contribution in [0.5, 0.6) is 0 Å². The SMILES string of the molecule is Cl/C(=C\n1cncn1)c1ccc(Cl)cc1Cl.Cl/C(=C\n1cncn1)c1ccc(Cl)cc1Cl. The fraction of sp³-hybridized carbons (Fsp3) is 0. The number of nitrogens with zero attached hydrogens (tertiary/aromatic N) is 6. The Hall–Kier alpha value is -2.06. The van der Waals surface area contributed by atoms with Crippen molar-refractivity contribution in [1.82, 2.24) is 29.5 Å². The van der Waals surface area contributed by atoms with E-state index in [1.165, 1.54) is 34.7 Å². The van der Waals surface area contributed by atoms with Gasteiger partial charge in [0, 0.05) is 33.6 Å². The summed E-state index contributed by atoms with van der Waals surface area (Å²) in [5.41, 5.74) is 1.39. The van der Waals surface area contributed by atoms with E-state index in [0.29, 0.717) is 41.3 Å². The van der Waals surface area contributed by atoms with Crippen LogP contribution in [0.25, 0.3) is 22.5 Å². The van der Waals surface area contributed by atoms with E-state index >= 15 is 0 Å². The molecular formula is C20H12Cl6N6. The van der Waals surface area contributed by atoms with Gasteiger partial charge in [-0.3, -0.25) is 0 Å². The van der Waals surface area contributed by atoms with Crippen LogP contribution >= 0.6 is 69.6 Å². The van der Waals surface area contributed by atoms with Crippen LogP contribution in [0.1, 0.15) is 11.1 Å². The van der Waals surface area contributed by atoms with Crippen LogP contribution in [-0.2, 0) is 0 Å². The monoisotopic (exact) mass is 546 g/mol. The third kappa shape index (κ3) is 6.97. The molecule has 2 aromatic carbocycles. The molecule has 0 saturated heterocycles. The van der Waals surface area contributed by atoms with E-state index in [0.717, 1.165) is 0 Å². The minimum Gasteiger partial charge on any atom is -0.227 e. The quantitative estimate of drug-likeness (QED) is 0.264. The lowest BCUT2D eigenvalue weighted by molar-refractivity contribution is 0.936. The van der Waals surface area contributed by atoms with Gasteiger partial charge in [0.15, 0.2) is 0 Å². The summed E-state index contributed by atoms with van der Waals surface area (Å²) in [7, 11) is 0. The number of aromatic nitrogens is 6. The van der Waals surface area contributed by atoms with Crippen molar-refractivity contribution in [3.05, 3.63) is 92.9 Å². The topological polar surface area (TPSA) is 61.4 Å². The first-order valence-electron chi connectivity index (χ1n) is 8.67. The maximum absolute atomic E-state index is 6.10. The molecule has 0 aliphatic heterocycles. The van der Waals surface area contributed by atoms with Gasteiger partial charge in [-0.25, -0.2) is 19.3 Å². The molecule has 0 N–H and O–H groups in total. The van der Waals surface area contributed by atoms with Crippen molar-refractivity contribution in [2.24, 2.45) is 0 Å². The van der Waals surface area contributed by atoms with Crippen LogP contribution in [0.2, 0.25) is 20.1 Å². The Morgan fingerprint density at radius 1 is 0.656 bits per heavy atom. The molecule has 0 atom stereocenters. The lowest BCUT2D eigenvalue weighted by Crippen LogP contribution is -1.88. The van der Waals surface area contributed by atoms with Crippen LogP contribution in [0.3, 0.4) is 0 Å². The number of hydrogen-bond donors (Lipinski definition) is 0. The molecule has 2 heterocycles. The summed E-state index contributed by atoms with van der Waals surface area (Å²) in [6.45, 7) is 0. The Morgan fingerprint density at radius 2 is 1.06 bits per heavy atom. The molecule has 0 saturated carbocycles. The standard InChI is InChI=1S/2C10H6Cl3N3/c2*11-7-1-2-8(9(12)3-7)10(13)4-16-6-14-5-15-16/h2*1-6H/b2*10-4-. The van der Waals surface area contributed by atoms with Gasteiger partial charge < -0.3 is 0 Å². The summed E-state index contributed by atoms with van der Waals surface area (Å²) < 4.78 is 2.99. The summed E-state index contributed by atoms with van der Waals surface area (Å²) >= 11 is 35.8. The Balaban J connectivity index is 0.000000181. The Labute approximate surface area is 213 Å². The molecule has 12 heteroatoms. The predicted molar refractivity (Wildman–Crippen MR) is 133 cm³/mol. The lowest BCUT2D eigenvalue weighted by Gasteiger charge is -2.03. The summed E-state index contributed by atoms with van der Waals surface area (Å²) in [5, 5.41) is 10.9. The van der Waals surface area contributed by atoms with Gasteiger partial charge in [0.1, 0.15) is 25.3 Å². The van der Waals surface area contributed by atoms with Gasteiger partial charge in [0.05, 0.1) is 20.1 Å². The molecule has 6 nitrogen and oxygen atoms in total. The normalized spacial score (nSPS) is 11.8. The first kappa shape index (κ1) is 24.6. The van der Waals surface area contributed by atoms with Crippen molar-refractivity contribution in [1.29, 1.82) is 0 Å². The minimum absolute atomic E-state index is 0.465. The minimum atomic E-state index is 0.465. The Morgan fingerprint density at radius 3 is 1.38 bits per heavy atom. The smallest absolute Gasteiger partial charge is 0.138 e. The van der Waals surface area contributed by atoms with Gasteiger partial charge in [0.25, 0.3) is 0 Å². The molecule has 0 spiro atoms. The fourth-order valence-corrected chi connectivity index (χ4v) is 3.95. The zero-order valence-electron chi connectivity index (χ0n) is 15.9. The van der Waals surface area contributed by atoms with Crippen molar-refractivity contribution < 1.29 is 0 Å². The van der Waals surface area contributed by atoms with E-state index in [1.807, 2.05) is 0 Å². The van der Waals surface area contributed by atoms with E-state index in [1.54, 1.807) is 48.8 Å². The van der Waals surface area contributed by atoms with Gasteiger partial charge in [-0.05, 0) is 24.3 Å². The lowest BCUT2D eigenvalue weighted by atomic mass is 10.2. The van der Waals surface area contributed by atoms with Crippen LogP contribution in [0, 0.1) is 0 Å². The van der Waals surface area contributed by atoms with Gasteiger partial charge in [-0.15, -0.1) is 0 Å². The summed E-state index contributed by atoms with van der Waals surface area (Å²) in [6.07, 6.45) is 9.14. The Bertz CT molecular complexity index is 1140. The van der Waals surface area contributed by atoms with Crippen molar-refractivity contribution in [3.63, 3.8) is 0 Å². The van der Waals surface area contributed by atoms with Crippen molar-refractivity contribution in [2.45, 2.75) is 0 Å². The zero-order valence-corrected chi connectivity index (χ0v) is 20.4. The van der Waals surface area contributed by atoms with Crippen LogP contribution in [-0.4, -0.2) is 29.5 Å². The largest absolute Gasteiger partial charge is 0.227 e. The van der Waals surface area contributed by atoms with E-state index in [9.17, 15) is 0 Å². The second kappa shape index (κ2) is 11.7. The average Bonchev–Trinajstić information content (AvgIpc) is 3.42. The Kier molecular flexibility index (Phi) is 8.99. The second-order valence-electron chi connectivity index (χ2n) is 5.95. The first-order chi connectivity index (χ1) is 15.3. The van der Waals surface area contributed by atoms with Gasteiger partial charge in [0.2, 0.25) is 0 Å². The van der Waals surface area contributed by atoms with Crippen LogP contribution in [0.15, 0.2) is 61.7 Å². The molecule has 2 aromatic heterocycles. The highest BCUT2D eigenvalue weighted by Crippen LogP contribution is 2.30. The molecule has 0 radical (unpaired) electrons. The predicted octanol–water partition coefficient (Wildman–Crippen LogP) is 7.56. The molecule has 4 aromatic rings. The average molecular weight is 549 g/mol. The third-order valence-electron chi connectivity index (χ3n) is 3.74. The molecule has 0 unspecified atom stereocenters. The van der Waals surface area contributed by atoms with E-state index in [-0.39, 0.29) is 0 Å². The first-order valence-corrected chi connectivity index (χ1v) is 10.9. The number of hydrogen-bond acceptors (Lipinski definition) is 4. The van der Waals surface area contributed by atoms with Gasteiger partial charge in [-0.2, -0.15) is 10.2 Å². The van der Waals surface area contributed by atoms with Crippen molar-refractivity contribution in [3.8, 4) is 0 Å². The number of benzene rings is 2. The maximum atomic E-state index is 6.10. The second-order valence-corrected chi connectivity index (χ2v) is 8.46. The maximum Gasteiger partial charge on any atom is 0.138 e. The fourth-order valence-electron chi connectivity index (χ4n) is 2.31. The van der Waals surface area contributed by atoms with E-state index in [2.05, 4.69) is 20.2 Å². The highest BCUT2D eigenvalue weighted by atomic mass is 35.5. The van der Waals surface area contributed by atoms with Gasteiger partial charge >= 0.3 is 0 Å². The molecule has 0 aliphatic carbocycles. The van der Waals surface area contributed by atoms with E-state index in [4.69, 9.17) is 69.6 Å². The summed E-state index contributed by atoms with van der Waals surface area (Å²) in [6, 6.07) is 10.2. The zero-order chi connectivity index (χ0) is 23.1. The van der Waals surface area contributed by atoms with Crippen molar-refractivity contribution >= 4 is 92.1 Å². The summed E-state index contributed by atoms with van der Waals surface area (Å²) in [4.78, 5) is 7.60. The molecule has 0 bridgehead atoms. The number of halogens is 6. The van der Waals surface area contributed by atoms with Crippen molar-refractivity contribution in [2.75, 3.05) is 0 Å². The van der Waals surface area contributed by atoms with Crippen LogP contribution in [0.4, 0.5) is 0 Å². The molecule has 0 fully saturated rings. The highest BCUT2D eigenvalue weighted by Gasteiger charge is 2.06. The molecular weight excluding hydrogens is 537 g/mol. The third-order valence-corrected chi connectivity index (χ3v) is 5.44. The molecule has 32 heavy (non-hydrogen) atoms. The molecule has 4 rings (SSSR count). The molecule has 164 valence electrons.